The number of rotatable bonds is 5. The fourth-order valence-corrected chi connectivity index (χ4v) is 0.800. The number of methoxy groups -OCH3 is 2. The second-order valence-electron chi connectivity index (χ2n) is 2.17. The van der Waals surface area contributed by atoms with Gasteiger partial charge in [-0.1, -0.05) is 6.92 Å². The standard InChI is InChI=1S/C7H13NO4/c1-4-7(11-2,12-3)5-6-8(9)10/h5-6H,4H2,1-3H3/b6-5+. The minimum absolute atomic E-state index is 0.518. The highest BCUT2D eigenvalue weighted by atomic mass is 16.7. The zero-order valence-corrected chi connectivity index (χ0v) is 7.44. The fourth-order valence-electron chi connectivity index (χ4n) is 0.800. The van der Waals surface area contributed by atoms with E-state index >= 15 is 0 Å². The van der Waals surface area contributed by atoms with E-state index in [4.69, 9.17) is 9.47 Å². The van der Waals surface area contributed by atoms with E-state index in [2.05, 4.69) is 0 Å². The molecule has 70 valence electrons. The van der Waals surface area contributed by atoms with Gasteiger partial charge >= 0.3 is 0 Å². The maximum absolute atomic E-state index is 10.0. The van der Waals surface area contributed by atoms with Gasteiger partial charge in [0.15, 0.2) is 5.79 Å². The van der Waals surface area contributed by atoms with E-state index in [0.717, 1.165) is 6.20 Å². The van der Waals surface area contributed by atoms with Gasteiger partial charge in [0.2, 0.25) is 6.20 Å². The third kappa shape index (κ3) is 2.98. The minimum atomic E-state index is -0.965. The van der Waals surface area contributed by atoms with Crippen LogP contribution in [-0.4, -0.2) is 24.9 Å². The lowest BCUT2D eigenvalue weighted by atomic mass is 10.2. The molecule has 0 aromatic rings. The molecule has 0 rings (SSSR count). The van der Waals surface area contributed by atoms with E-state index < -0.39 is 10.7 Å². The summed E-state index contributed by atoms with van der Waals surface area (Å²) >= 11 is 0. The van der Waals surface area contributed by atoms with Crippen molar-refractivity contribution in [3.63, 3.8) is 0 Å². The Bertz CT molecular complexity index is 166. The minimum Gasteiger partial charge on any atom is -0.349 e. The molecule has 0 aromatic heterocycles. The summed E-state index contributed by atoms with van der Waals surface area (Å²) in [7, 11) is 2.88. The van der Waals surface area contributed by atoms with Gasteiger partial charge in [-0.15, -0.1) is 0 Å². The van der Waals surface area contributed by atoms with Crippen molar-refractivity contribution < 1.29 is 14.4 Å². The average molecular weight is 175 g/mol. The highest BCUT2D eigenvalue weighted by Crippen LogP contribution is 2.17. The molecule has 0 aromatic carbocycles. The first-order valence-electron chi connectivity index (χ1n) is 3.53. The molecule has 0 radical (unpaired) electrons. The van der Waals surface area contributed by atoms with E-state index in [1.54, 1.807) is 0 Å². The van der Waals surface area contributed by atoms with Crippen LogP contribution < -0.4 is 0 Å². The number of hydrogen-bond donors (Lipinski definition) is 0. The van der Waals surface area contributed by atoms with Crippen LogP contribution in [0.2, 0.25) is 0 Å². The van der Waals surface area contributed by atoms with Crippen LogP contribution in [0.1, 0.15) is 13.3 Å². The monoisotopic (exact) mass is 175 g/mol. The summed E-state index contributed by atoms with van der Waals surface area (Å²) in [5.41, 5.74) is 0. The van der Waals surface area contributed by atoms with Gasteiger partial charge in [0.25, 0.3) is 0 Å². The molecule has 0 N–H and O–H groups in total. The van der Waals surface area contributed by atoms with Crippen molar-refractivity contribution in [2.24, 2.45) is 0 Å². The van der Waals surface area contributed by atoms with Crippen molar-refractivity contribution >= 4 is 0 Å². The summed E-state index contributed by atoms with van der Waals surface area (Å²) in [6.07, 6.45) is 2.62. The van der Waals surface area contributed by atoms with Crippen molar-refractivity contribution in [1.82, 2.24) is 0 Å². The molecule has 0 saturated heterocycles. The molecule has 0 aliphatic heterocycles. The van der Waals surface area contributed by atoms with E-state index in [1.807, 2.05) is 6.92 Å². The molecule has 0 atom stereocenters. The Morgan fingerprint density at radius 2 is 2.00 bits per heavy atom. The quantitative estimate of drug-likeness (QED) is 0.357. The Hall–Kier alpha value is -0.940. The predicted molar refractivity (Wildman–Crippen MR) is 43.2 cm³/mol. The van der Waals surface area contributed by atoms with Crippen molar-refractivity contribution in [3.05, 3.63) is 22.4 Å². The maximum atomic E-state index is 10.0. The fraction of sp³-hybridized carbons (Fsp3) is 0.714. The van der Waals surface area contributed by atoms with Gasteiger partial charge in [0.05, 0.1) is 4.92 Å². The summed E-state index contributed by atoms with van der Waals surface area (Å²) < 4.78 is 9.95. The van der Waals surface area contributed by atoms with Crippen LogP contribution in [0.4, 0.5) is 0 Å². The smallest absolute Gasteiger partial charge is 0.235 e. The van der Waals surface area contributed by atoms with E-state index in [1.165, 1.54) is 20.3 Å². The molecule has 0 heterocycles. The Labute approximate surface area is 71.1 Å². The molecule has 12 heavy (non-hydrogen) atoms. The van der Waals surface area contributed by atoms with E-state index in [9.17, 15) is 10.1 Å². The lowest BCUT2D eigenvalue weighted by Gasteiger charge is -2.24. The number of nitrogens with zero attached hydrogens (tertiary/aromatic N) is 1. The Kier molecular flexibility index (Phi) is 4.46. The van der Waals surface area contributed by atoms with Crippen molar-refractivity contribution in [1.29, 1.82) is 0 Å². The molecular weight excluding hydrogens is 162 g/mol. The Morgan fingerprint density at radius 3 is 2.25 bits per heavy atom. The van der Waals surface area contributed by atoms with Gasteiger partial charge in [-0.3, -0.25) is 10.1 Å². The highest BCUT2D eigenvalue weighted by molar-refractivity contribution is 4.90. The molecule has 0 spiro atoms. The van der Waals surface area contributed by atoms with Crippen LogP contribution in [0.3, 0.4) is 0 Å². The predicted octanol–water partition coefficient (Wildman–Crippen LogP) is 1.18. The number of nitro groups is 1. The lowest BCUT2D eigenvalue weighted by molar-refractivity contribution is -0.404. The van der Waals surface area contributed by atoms with E-state index in [-0.39, 0.29) is 0 Å². The second kappa shape index (κ2) is 4.84. The maximum Gasteiger partial charge on any atom is 0.235 e. The Morgan fingerprint density at radius 1 is 1.50 bits per heavy atom. The largest absolute Gasteiger partial charge is 0.349 e. The molecule has 0 bridgehead atoms. The molecule has 0 aliphatic rings. The van der Waals surface area contributed by atoms with Crippen LogP contribution >= 0.6 is 0 Å². The SMILES string of the molecule is CCC(/C=C/[N+](=O)[O-])(OC)OC. The zero-order valence-electron chi connectivity index (χ0n) is 7.44. The molecular formula is C7H13NO4. The first-order valence-corrected chi connectivity index (χ1v) is 3.53. The summed E-state index contributed by atoms with van der Waals surface area (Å²) in [4.78, 5) is 9.45. The average Bonchev–Trinajstić information content (AvgIpc) is 2.08. The molecule has 0 amide bonds. The first kappa shape index (κ1) is 11.1. The number of ether oxygens (including phenoxy) is 2. The summed E-state index contributed by atoms with van der Waals surface area (Å²) in [6.45, 7) is 1.82. The van der Waals surface area contributed by atoms with Gasteiger partial charge in [-0.05, 0) is 0 Å². The third-order valence-corrected chi connectivity index (χ3v) is 1.63. The van der Waals surface area contributed by atoms with Crippen molar-refractivity contribution in [3.8, 4) is 0 Å². The molecule has 5 nitrogen and oxygen atoms in total. The molecule has 0 saturated carbocycles. The normalized spacial score (nSPS) is 12.2. The highest BCUT2D eigenvalue weighted by Gasteiger charge is 2.24. The third-order valence-electron chi connectivity index (χ3n) is 1.63. The molecule has 0 unspecified atom stereocenters. The topological polar surface area (TPSA) is 61.6 Å². The first-order chi connectivity index (χ1) is 5.60. The van der Waals surface area contributed by atoms with E-state index in [0.29, 0.717) is 6.42 Å². The van der Waals surface area contributed by atoms with Gasteiger partial charge in [-0.25, -0.2) is 0 Å². The van der Waals surface area contributed by atoms with Crippen LogP contribution in [0.5, 0.6) is 0 Å². The van der Waals surface area contributed by atoms with Crippen molar-refractivity contribution in [2.75, 3.05) is 14.2 Å². The van der Waals surface area contributed by atoms with Gasteiger partial charge < -0.3 is 9.47 Å². The molecule has 5 heteroatoms. The molecule has 0 aliphatic carbocycles. The summed E-state index contributed by atoms with van der Waals surface area (Å²) in [6, 6.07) is 0. The van der Waals surface area contributed by atoms with Crippen LogP contribution in [0.15, 0.2) is 12.3 Å². The second-order valence-corrected chi connectivity index (χ2v) is 2.17. The lowest BCUT2D eigenvalue weighted by Crippen LogP contribution is -2.30. The van der Waals surface area contributed by atoms with Gasteiger partial charge in [0.1, 0.15) is 0 Å². The zero-order chi connectivity index (χ0) is 9.61. The van der Waals surface area contributed by atoms with Gasteiger partial charge in [0, 0.05) is 26.7 Å². The summed E-state index contributed by atoms with van der Waals surface area (Å²) in [5.74, 6) is -0.965. The Balaban J connectivity index is 4.39. The summed E-state index contributed by atoms with van der Waals surface area (Å²) in [5, 5.41) is 10.0. The van der Waals surface area contributed by atoms with Gasteiger partial charge in [-0.2, -0.15) is 0 Å². The van der Waals surface area contributed by atoms with Crippen LogP contribution in [0.25, 0.3) is 0 Å². The van der Waals surface area contributed by atoms with Crippen molar-refractivity contribution in [2.45, 2.75) is 19.1 Å². The van der Waals surface area contributed by atoms with Crippen LogP contribution in [0, 0.1) is 10.1 Å². The number of hydrogen-bond acceptors (Lipinski definition) is 4. The van der Waals surface area contributed by atoms with Crippen LogP contribution in [-0.2, 0) is 9.47 Å². The molecule has 0 fully saturated rings.